The molecule has 1 heterocycles. The number of oxime groups is 1. The van der Waals surface area contributed by atoms with Gasteiger partial charge in [-0.3, -0.25) is 0 Å². The Hall–Kier alpha value is -0.540. The van der Waals surface area contributed by atoms with Gasteiger partial charge in [0.2, 0.25) is 0 Å². The number of thiophene rings is 1. The van der Waals surface area contributed by atoms with Crippen LogP contribution >= 0.6 is 22.9 Å². The quantitative estimate of drug-likeness (QED) is 0.547. The lowest BCUT2D eigenvalue weighted by atomic mass is 9.73. The van der Waals surface area contributed by atoms with Gasteiger partial charge in [0.1, 0.15) is 0 Å². The summed E-state index contributed by atoms with van der Waals surface area (Å²) in [6, 6.07) is 1.96. The van der Waals surface area contributed by atoms with Gasteiger partial charge in [-0.2, -0.15) is 0 Å². The summed E-state index contributed by atoms with van der Waals surface area (Å²) in [6.07, 6.45) is 7.25. The summed E-state index contributed by atoms with van der Waals surface area (Å²) in [7, 11) is 0. The highest BCUT2D eigenvalue weighted by Gasteiger charge is 2.44. The van der Waals surface area contributed by atoms with Crippen LogP contribution in [0.5, 0.6) is 0 Å². The van der Waals surface area contributed by atoms with Crippen molar-refractivity contribution in [3.63, 3.8) is 0 Å². The second-order valence-corrected chi connectivity index (χ2v) is 6.54. The van der Waals surface area contributed by atoms with Crippen molar-refractivity contribution in [2.24, 2.45) is 5.16 Å². The fraction of sp³-hybridized carbons (Fsp3) is 0.583. The molecule has 0 atom stereocenters. The van der Waals surface area contributed by atoms with Crippen molar-refractivity contribution in [1.29, 1.82) is 0 Å². The van der Waals surface area contributed by atoms with Crippen molar-refractivity contribution >= 4 is 28.6 Å². The van der Waals surface area contributed by atoms with Crippen LogP contribution in [0.15, 0.2) is 11.2 Å². The van der Waals surface area contributed by atoms with Crippen LogP contribution in [0.1, 0.15) is 49.0 Å². The molecule has 1 saturated carbocycles. The maximum atomic E-state index is 9.09. The zero-order valence-electron chi connectivity index (χ0n) is 9.00. The Morgan fingerprint density at radius 2 is 2.06 bits per heavy atom. The van der Waals surface area contributed by atoms with E-state index >= 15 is 0 Å². The standard InChI is InChI=1S/C12H14ClNOS/c13-10-6-8-9(14-15)7-12(11(8)16-10)4-2-1-3-5-12/h6,15H,1-5,7H2. The molecule has 1 fully saturated rings. The average Bonchev–Trinajstić information content (AvgIpc) is 2.79. The summed E-state index contributed by atoms with van der Waals surface area (Å²) in [6.45, 7) is 0. The Bertz CT molecular complexity index is 446. The van der Waals surface area contributed by atoms with Gasteiger partial charge >= 0.3 is 0 Å². The fourth-order valence-electron chi connectivity index (χ4n) is 3.19. The first kappa shape index (κ1) is 10.6. The molecule has 2 aliphatic rings. The minimum atomic E-state index is 0.243. The predicted octanol–water partition coefficient (Wildman–Crippen LogP) is 4.19. The molecule has 0 unspecified atom stereocenters. The van der Waals surface area contributed by atoms with Gasteiger partial charge < -0.3 is 5.21 Å². The van der Waals surface area contributed by atoms with Crippen molar-refractivity contribution in [2.45, 2.75) is 43.9 Å². The maximum Gasteiger partial charge on any atom is 0.0938 e. The van der Waals surface area contributed by atoms with E-state index in [-0.39, 0.29) is 5.41 Å². The topological polar surface area (TPSA) is 32.6 Å². The molecule has 0 bridgehead atoms. The molecular weight excluding hydrogens is 242 g/mol. The molecule has 3 rings (SSSR count). The largest absolute Gasteiger partial charge is 0.411 e. The van der Waals surface area contributed by atoms with Crippen LogP contribution in [-0.2, 0) is 5.41 Å². The fourth-order valence-corrected chi connectivity index (χ4v) is 4.68. The molecule has 2 nitrogen and oxygen atoms in total. The number of rotatable bonds is 0. The number of hydrogen-bond donors (Lipinski definition) is 1. The van der Waals surface area contributed by atoms with Crippen LogP contribution in [0, 0.1) is 0 Å². The van der Waals surface area contributed by atoms with Crippen molar-refractivity contribution in [3.8, 4) is 0 Å². The maximum absolute atomic E-state index is 9.09. The zero-order valence-corrected chi connectivity index (χ0v) is 10.6. The first-order valence-electron chi connectivity index (χ1n) is 5.76. The first-order valence-corrected chi connectivity index (χ1v) is 6.96. The van der Waals surface area contributed by atoms with E-state index in [0.717, 1.165) is 22.0 Å². The van der Waals surface area contributed by atoms with Crippen LogP contribution in [0.2, 0.25) is 4.34 Å². The Kier molecular flexibility index (Phi) is 2.48. The molecule has 0 aliphatic heterocycles. The van der Waals surface area contributed by atoms with E-state index in [4.69, 9.17) is 16.8 Å². The molecule has 2 aliphatic carbocycles. The predicted molar refractivity (Wildman–Crippen MR) is 67.0 cm³/mol. The monoisotopic (exact) mass is 255 g/mol. The van der Waals surface area contributed by atoms with E-state index in [0.29, 0.717) is 0 Å². The normalized spacial score (nSPS) is 25.2. The van der Waals surface area contributed by atoms with Gasteiger partial charge in [-0.25, -0.2) is 0 Å². The lowest BCUT2D eigenvalue weighted by molar-refractivity contribution is 0.300. The highest BCUT2D eigenvalue weighted by atomic mass is 35.5. The third kappa shape index (κ3) is 1.41. The number of fused-ring (bicyclic) bond motifs is 2. The van der Waals surface area contributed by atoms with Crippen molar-refractivity contribution in [1.82, 2.24) is 0 Å². The van der Waals surface area contributed by atoms with Gasteiger partial charge in [0.05, 0.1) is 10.0 Å². The number of hydrogen-bond acceptors (Lipinski definition) is 3. The van der Waals surface area contributed by atoms with Crippen molar-refractivity contribution in [2.75, 3.05) is 0 Å². The first-order chi connectivity index (χ1) is 7.75. The molecule has 16 heavy (non-hydrogen) atoms. The summed E-state index contributed by atoms with van der Waals surface area (Å²) in [5.74, 6) is 0. The van der Waals surface area contributed by atoms with Gasteiger partial charge in [0.25, 0.3) is 0 Å². The van der Waals surface area contributed by atoms with Gasteiger partial charge in [-0.15, -0.1) is 11.3 Å². The van der Waals surface area contributed by atoms with E-state index in [1.807, 2.05) is 6.07 Å². The Morgan fingerprint density at radius 1 is 1.31 bits per heavy atom. The van der Waals surface area contributed by atoms with Crippen molar-refractivity contribution in [3.05, 3.63) is 20.8 Å². The van der Waals surface area contributed by atoms with E-state index in [9.17, 15) is 0 Å². The third-order valence-corrected chi connectivity index (χ3v) is 5.44. The molecule has 0 saturated heterocycles. The van der Waals surface area contributed by atoms with E-state index in [2.05, 4.69) is 5.16 Å². The van der Waals surface area contributed by atoms with Crippen LogP contribution in [0.25, 0.3) is 0 Å². The highest BCUT2D eigenvalue weighted by molar-refractivity contribution is 7.16. The number of nitrogens with zero attached hydrogens (tertiary/aromatic N) is 1. The van der Waals surface area contributed by atoms with Crippen LogP contribution in [0.4, 0.5) is 0 Å². The number of halogens is 1. The second-order valence-electron chi connectivity index (χ2n) is 4.86. The summed E-state index contributed by atoms with van der Waals surface area (Å²) >= 11 is 7.76. The summed E-state index contributed by atoms with van der Waals surface area (Å²) in [5.41, 5.74) is 2.17. The lowest BCUT2D eigenvalue weighted by Gasteiger charge is -2.32. The van der Waals surface area contributed by atoms with Crippen LogP contribution < -0.4 is 0 Å². The Labute approximate surface area is 104 Å². The summed E-state index contributed by atoms with van der Waals surface area (Å²) < 4.78 is 0.816. The summed E-state index contributed by atoms with van der Waals surface area (Å²) in [5, 5.41) is 12.5. The van der Waals surface area contributed by atoms with Gasteiger partial charge in [0, 0.05) is 22.3 Å². The van der Waals surface area contributed by atoms with E-state index < -0.39 is 0 Å². The Morgan fingerprint density at radius 3 is 2.75 bits per heavy atom. The van der Waals surface area contributed by atoms with Gasteiger partial charge in [0.15, 0.2) is 0 Å². The zero-order chi connectivity index (χ0) is 11.2. The second kappa shape index (κ2) is 3.74. The van der Waals surface area contributed by atoms with Crippen molar-refractivity contribution < 1.29 is 5.21 Å². The SMILES string of the molecule is ON=C1CC2(CCCCC2)c2sc(Cl)cc21. The molecule has 1 spiro atoms. The van der Waals surface area contributed by atoms with E-state index in [1.54, 1.807) is 11.3 Å². The van der Waals surface area contributed by atoms with Gasteiger partial charge in [-0.1, -0.05) is 36.0 Å². The third-order valence-electron chi connectivity index (χ3n) is 3.93. The van der Waals surface area contributed by atoms with E-state index in [1.165, 1.54) is 37.0 Å². The molecule has 1 aromatic rings. The van der Waals surface area contributed by atoms with Crippen LogP contribution in [0.3, 0.4) is 0 Å². The molecule has 1 aromatic heterocycles. The highest BCUT2D eigenvalue weighted by Crippen LogP contribution is 2.52. The minimum absolute atomic E-state index is 0.243. The molecule has 1 N–H and O–H groups in total. The van der Waals surface area contributed by atoms with Crippen LogP contribution in [-0.4, -0.2) is 10.9 Å². The lowest BCUT2D eigenvalue weighted by Crippen LogP contribution is -2.25. The smallest absolute Gasteiger partial charge is 0.0938 e. The molecular formula is C12H14ClNOS. The minimum Gasteiger partial charge on any atom is -0.411 e. The molecule has 86 valence electrons. The molecule has 0 aromatic carbocycles. The molecule has 4 heteroatoms. The Balaban J connectivity index is 2.10. The summed E-state index contributed by atoms with van der Waals surface area (Å²) in [4.78, 5) is 1.37. The van der Waals surface area contributed by atoms with Gasteiger partial charge in [-0.05, 0) is 18.9 Å². The average molecular weight is 256 g/mol. The molecule has 0 amide bonds. The molecule has 0 radical (unpaired) electrons.